The molecule has 0 atom stereocenters. The SMILES string of the molecule is Cc1nc2c(c(=O)[nH]1)CN(C(=O)c1cccn1C(C)C)C2. The molecule has 0 aliphatic carbocycles. The molecule has 6 nitrogen and oxygen atoms in total. The molecule has 6 heteroatoms. The maximum Gasteiger partial charge on any atom is 0.271 e. The van der Waals surface area contributed by atoms with Crippen molar-refractivity contribution in [2.24, 2.45) is 0 Å². The van der Waals surface area contributed by atoms with Gasteiger partial charge in [0.25, 0.3) is 11.5 Å². The van der Waals surface area contributed by atoms with E-state index < -0.39 is 0 Å². The van der Waals surface area contributed by atoms with E-state index in [2.05, 4.69) is 9.97 Å². The Hall–Kier alpha value is -2.37. The van der Waals surface area contributed by atoms with Gasteiger partial charge in [0.15, 0.2) is 0 Å². The van der Waals surface area contributed by atoms with Crippen molar-refractivity contribution in [1.29, 1.82) is 0 Å². The predicted octanol–water partition coefficient (Wildman–Crippen LogP) is 1.62. The topological polar surface area (TPSA) is 71.0 Å². The van der Waals surface area contributed by atoms with E-state index in [0.717, 1.165) is 0 Å². The van der Waals surface area contributed by atoms with Gasteiger partial charge in [0.05, 0.1) is 24.3 Å². The third-order valence-corrected chi connectivity index (χ3v) is 3.75. The van der Waals surface area contributed by atoms with Crippen molar-refractivity contribution in [3.63, 3.8) is 0 Å². The van der Waals surface area contributed by atoms with Gasteiger partial charge in [-0.05, 0) is 32.9 Å². The molecule has 1 amide bonds. The second kappa shape index (κ2) is 4.87. The lowest BCUT2D eigenvalue weighted by atomic mass is 10.3. The molecule has 1 aliphatic rings. The molecule has 0 aromatic carbocycles. The van der Waals surface area contributed by atoms with Gasteiger partial charge in [0.2, 0.25) is 0 Å². The first-order chi connectivity index (χ1) is 9.97. The zero-order valence-corrected chi connectivity index (χ0v) is 12.4. The summed E-state index contributed by atoms with van der Waals surface area (Å²) in [6.07, 6.45) is 1.90. The van der Waals surface area contributed by atoms with E-state index in [1.54, 1.807) is 11.8 Å². The molecule has 0 fully saturated rings. The lowest BCUT2D eigenvalue weighted by Crippen LogP contribution is -2.28. The highest BCUT2D eigenvalue weighted by atomic mass is 16.2. The van der Waals surface area contributed by atoms with Gasteiger partial charge in [-0.2, -0.15) is 0 Å². The zero-order valence-electron chi connectivity index (χ0n) is 12.4. The highest BCUT2D eigenvalue weighted by Gasteiger charge is 2.29. The summed E-state index contributed by atoms with van der Waals surface area (Å²) < 4.78 is 1.94. The minimum atomic E-state index is -0.146. The molecular formula is C15H18N4O2. The van der Waals surface area contributed by atoms with E-state index in [0.29, 0.717) is 35.9 Å². The van der Waals surface area contributed by atoms with Crippen LogP contribution in [0.5, 0.6) is 0 Å². The second-order valence-corrected chi connectivity index (χ2v) is 5.63. The summed E-state index contributed by atoms with van der Waals surface area (Å²) in [5.74, 6) is 0.516. The zero-order chi connectivity index (χ0) is 15.1. The first-order valence-electron chi connectivity index (χ1n) is 7.02. The van der Waals surface area contributed by atoms with Crippen LogP contribution >= 0.6 is 0 Å². The number of H-pyrrole nitrogens is 1. The predicted molar refractivity (Wildman–Crippen MR) is 78.0 cm³/mol. The molecule has 110 valence electrons. The Morgan fingerprint density at radius 1 is 1.38 bits per heavy atom. The number of aryl methyl sites for hydroxylation is 1. The van der Waals surface area contributed by atoms with Crippen LogP contribution in [0.25, 0.3) is 0 Å². The van der Waals surface area contributed by atoms with E-state index in [-0.39, 0.29) is 17.5 Å². The van der Waals surface area contributed by atoms with Crippen molar-refractivity contribution < 1.29 is 4.79 Å². The number of aromatic amines is 1. The lowest BCUT2D eigenvalue weighted by molar-refractivity contribution is 0.0737. The molecule has 0 radical (unpaired) electrons. The molecule has 0 unspecified atom stereocenters. The van der Waals surface area contributed by atoms with Crippen LogP contribution in [-0.4, -0.2) is 25.3 Å². The number of aromatic nitrogens is 3. The second-order valence-electron chi connectivity index (χ2n) is 5.63. The fourth-order valence-corrected chi connectivity index (χ4v) is 2.72. The number of nitrogens with one attached hydrogen (secondary N) is 1. The van der Waals surface area contributed by atoms with Crippen LogP contribution in [-0.2, 0) is 13.1 Å². The fraction of sp³-hybridized carbons (Fsp3) is 0.400. The normalized spacial score (nSPS) is 13.8. The minimum Gasteiger partial charge on any atom is -0.341 e. The maximum atomic E-state index is 12.7. The van der Waals surface area contributed by atoms with Crippen molar-refractivity contribution in [3.05, 3.63) is 51.5 Å². The van der Waals surface area contributed by atoms with Crippen molar-refractivity contribution in [2.75, 3.05) is 0 Å². The molecule has 0 saturated carbocycles. The van der Waals surface area contributed by atoms with E-state index in [1.807, 2.05) is 36.7 Å². The van der Waals surface area contributed by atoms with Crippen LogP contribution < -0.4 is 5.56 Å². The van der Waals surface area contributed by atoms with Crippen LogP contribution in [0.15, 0.2) is 23.1 Å². The van der Waals surface area contributed by atoms with Gasteiger partial charge in [-0.3, -0.25) is 9.59 Å². The molecule has 1 N–H and O–H groups in total. The molecule has 0 bridgehead atoms. The number of hydrogen-bond donors (Lipinski definition) is 1. The van der Waals surface area contributed by atoms with Crippen LogP contribution in [0.3, 0.4) is 0 Å². The average Bonchev–Trinajstić information content (AvgIpc) is 3.03. The number of amides is 1. The summed E-state index contributed by atoms with van der Waals surface area (Å²) in [6, 6.07) is 3.90. The van der Waals surface area contributed by atoms with Gasteiger partial charge in [0.1, 0.15) is 11.5 Å². The lowest BCUT2D eigenvalue weighted by Gasteiger charge is -2.18. The van der Waals surface area contributed by atoms with Gasteiger partial charge >= 0.3 is 0 Å². The minimum absolute atomic E-state index is 0.0660. The van der Waals surface area contributed by atoms with Crippen LogP contribution in [0.4, 0.5) is 0 Å². The van der Waals surface area contributed by atoms with Crippen molar-refractivity contribution in [1.82, 2.24) is 19.4 Å². The van der Waals surface area contributed by atoms with Gasteiger partial charge in [-0.15, -0.1) is 0 Å². The van der Waals surface area contributed by atoms with Crippen molar-refractivity contribution in [3.8, 4) is 0 Å². The Bertz CT molecular complexity index is 757. The third kappa shape index (κ3) is 2.26. The molecule has 2 aromatic rings. The Morgan fingerprint density at radius 3 is 2.86 bits per heavy atom. The summed E-state index contributed by atoms with van der Waals surface area (Å²) in [6.45, 7) is 6.52. The van der Waals surface area contributed by atoms with Gasteiger partial charge in [-0.25, -0.2) is 4.98 Å². The first kappa shape index (κ1) is 13.6. The van der Waals surface area contributed by atoms with Gasteiger partial charge in [0, 0.05) is 12.2 Å². The number of carbonyl (C=O) groups is 1. The smallest absolute Gasteiger partial charge is 0.271 e. The Morgan fingerprint density at radius 2 is 2.14 bits per heavy atom. The molecule has 3 heterocycles. The summed E-state index contributed by atoms with van der Waals surface area (Å²) in [4.78, 5) is 33.3. The van der Waals surface area contributed by atoms with Crippen LogP contribution in [0, 0.1) is 6.92 Å². The quantitative estimate of drug-likeness (QED) is 0.912. The van der Waals surface area contributed by atoms with Crippen molar-refractivity contribution >= 4 is 5.91 Å². The van der Waals surface area contributed by atoms with Crippen molar-refractivity contribution in [2.45, 2.75) is 39.9 Å². The Labute approximate surface area is 122 Å². The molecule has 21 heavy (non-hydrogen) atoms. The average molecular weight is 286 g/mol. The molecular weight excluding hydrogens is 268 g/mol. The molecule has 0 spiro atoms. The molecule has 0 saturated heterocycles. The van der Waals surface area contributed by atoms with Crippen LogP contribution in [0.2, 0.25) is 0 Å². The third-order valence-electron chi connectivity index (χ3n) is 3.75. The monoisotopic (exact) mass is 286 g/mol. The van der Waals surface area contributed by atoms with Crippen LogP contribution in [0.1, 0.15) is 47.5 Å². The van der Waals surface area contributed by atoms with E-state index in [1.165, 1.54) is 0 Å². The number of nitrogens with zero attached hydrogens (tertiary/aromatic N) is 3. The molecule has 2 aromatic heterocycles. The Kier molecular flexibility index (Phi) is 3.16. The van der Waals surface area contributed by atoms with E-state index >= 15 is 0 Å². The molecule has 3 rings (SSSR count). The highest BCUT2D eigenvalue weighted by Crippen LogP contribution is 2.21. The largest absolute Gasteiger partial charge is 0.341 e. The summed E-state index contributed by atoms with van der Waals surface area (Å²) >= 11 is 0. The summed E-state index contributed by atoms with van der Waals surface area (Å²) in [5.41, 5.74) is 1.79. The van der Waals surface area contributed by atoms with Gasteiger partial charge in [-0.1, -0.05) is 0 Å². The summed E-state index contributed by atoms with van der Waals surface area (Å²) in [7, 11) is 0. The number of rotatable bonds is 2. The highest BCUT2D eigenvalue weighted by molar-refractivity contribution is 5.93. The summed E-state index contributed by atoms with van der Waals surface area (Å²) in [5, 5.41) is 0. The number of carbonyl (C=O) groups excluding carboxylic acids is 1. The number of fused-ring (bicyclic) bond motifs is 1. The maximum absolute atomic E-state index is 12.7. The fourth-order valence-electron chi connectivity index (χ4n) is 2.72. The van der Waals surface area contributed by atoms with E-state index in [4.69, 9.17) is 0 Å². The first-order valence-corrected chi connectivity index (χ1v) is 7.02. The standard InChI is InChI=1S/C15H18N4O2/c1-9(2)19-6-4-5-13(19)15(21)18-7-11-12(8-18)16-10(3)17-14(11)20/h4-6,9H,7-8H2,1-3H3,(H,16,17,20). The van der Waals surface area contributed by atoms with E-state index in [9.17, 15) is 9.59 Å². The van der Waals surface area contributed by atoms with Gasteiger partial charge < -0.3 is 14.5 Å². The Balaban J connectivity index is 1.91. The number of hydrogen-bond acceptors (Lipinski definition) is 3. The molecule has 1 aliphatic heterocycles.